The maximum absolute atomic E-state index is 5.17. The second kappa shape index (κ2) is 5.99. The van der Waals surface area contributed by atoms with Crippen molar-refractivity contribution < 1.29 is 4.74 Å². The predicted molar refractivity (Wildman–Crippen MR) is 59.5 cm³/mol. The summed E-state index contributed by atoms with van der Waals surface area (Å²) in [5.74, 6) is 0. The van der Waals surface area contributed by atoms with Crippen LogP contribution in [-0.4, -0.2) is 42.6 Å². The Morgan fingerprint density at radius 1 is 1.46 bits per heavy atom. The molecular weight excluding hydrogens is 230 g/mol. The molecular formula is C10H20BrNO. The number of likely N-dealkylation sites (tertiary alicyclic amines) is 1. The fourth-order valence-electron chi connectivity index (χ4n) is 1.87. The molecule has 1 saturated heterocycles. The van der Waals surface area contributed by atoms with E-state index < -0.39 is 0 Å². The second-order valence-corrected chi connectivity index (χ2v) is 5.16. The maximum atomic E-state index is 5.17. The van der Waals surface area contributed by atoms with Gasteiger partial charge in [0.2, 0.25) is 0 Å². The molecule has 0 aromatic rings. The van der Waals surface area contributed by atoms with Crippen LogP contribution in [0.2, 0.25) is 0 Å². The first-order valence-electron chi connectivity index (χ1n) is 5.11. The molecule has 0 aromatic heterocycles. The van der Waals surface area contributed by atoms with E-state index in [-0.39, 0.29) is 0 Å². The van der Waals surface area contributed by atoms with Gasteiger partial charge in [0.15, 0.2) is 0 Å². The van der Waals surface area contributed by atoms with Gasteiger partial charge in [-0.25, -0.2) is 0 Å². The van der Waals surface area contributed by atoms with Gasteiger partial charge < -0.3 is 4.74 Å². The highest BCUT2D eigenvalue weighted by molar-refractivity contribution is 9.09. The number of ether oxygens (including phenoxy) is 1. The summed E-state index contributed by atoms with van der Waals surface area (Å²) in [6.45, 7) is 5.54. The first-order chi connectivity index (χ1) is 6.24. The molecule has 0 spiro atoms. The van der Waals surface area contributed by atoms with Crippen molar-refractivity contribution in [2.75, 3.05) is 26.8 Å². The normalized spacial score (nSPS) is 28.4. The third-order valence-electron chi connectivity index (χ3n) is 2.72. The van der Waals surface area contributed by atoms with Crippen LogP contribution in [0.15, 0.2) is 0 Å². The third kappa shape index (κ3) is 3.96. The van der Waals surface area contributed by atoms with Gasteiger partial charge in [0.1, 0.15) is 0 Å². The Hall–Kier alpha value is 0.400. The van der Waals surface area contributed by atoms with Gasteiger partial charge in [-0.2, -0.15) is 0 Å². The molecule has 1 rings (SSSR count). The molecule has 0 aromatic carbocycles. The van der Waals surface area contributed by atoms with Crippen LogP contribution in [0.3, 0.4) is 0 Å². The molecule has 2 atom stereocenters. The third-order valence-corrected chi connectivity index (χ3v) is 3.64. The highest BCUT2D eigenvalue weighted by Crippen LogP contribution is 2.19. The van der Waals surface area contributed by atoms with Crippen molar-refractivity contribution in [2.24, 2.45) is 0 Å². The van der Waals surface area contributed by atoms with Gasteiger partial charge in [0, 0.05) is 18.0 Å². The van der Waals surface area contributed by atoms with Crippen LogP contribution >= 0.6 is 15.9 Å². The van der Waals surface area contributed by atoms with Gasteiger partial charge in [-0.05, 0) is 39.3 Å². The lowest BCUT2D eigenvalue weighted by Gasteiger charge is -2.26. The topological polar surface area (TPSA) is 12.5 Å². The van der Waals surface area contributed by atoms with E-state index in [1.54, 1.807) is 7.11 Å². The van der Waals surface area contributed by atoms with Crippen LogP contribution < -0.4 is 0 Å². The standard InChI is InChI=1S/C10H20BrNO/c1-9(8-13-2)12-6-3-4-10(11)5-7-12/h9-10H,3-8H2,1-2H3. The van der Waals surface area contributed by atoms with Crippen molar-refractivity contribution in [1.29, 1.82) is 0 Å². The van der Waals surface area contributed by atoms with Crippen LogP contribution in [0.1, 0.15) is 26.2 Å². The van der Waals surface area contributed by atoms with E-state index in [0.29, 0.717) is 6.04 Å². The van der Waals surface area contributed by atoms with Gasteiger partial charge in [0.05, 0.1) is 6.61 Å². The Kier molecular flexibility index (Phi) is 5.29. The van der Waals surface area contributed by atoms with E-state index in [2.05, 4.69) is 27.8 Å². The largest absolute Gasteiger partial charge is 0.383 e. The van der Waals surface area contributed by atoms with Crippen LogP contribution in [0, 0.1) is 0 Å². The Labute approximate surface area is 89.8 Å². The Morgan fingerprint density at radius 3 is 2.92 bits per heavy atom. The zero-order valence-corrected chi connectivity index (χ0v) is 10.2. The highest BCUT2D eigenvalue weighted by Gasteiger charge is 2.18. The lowest BCUT2D eigenvalue weighted by atomic mass is 10.2. The average molecular weight is 250 g/mol. The van der Waals surface area contributed by atoms with Crippen LogP contribution in [0.25, 0.3) is 0 Å². The molecule has 0 bridgehead atoms. The lowest BCUT2D eigenvalue weighted by Crippen LogP contribution is -2.37. The fourth-order valence-corrected chi connectivity index (χ4v) is 2.39. The molecule has 2 unspecified atom stereocenters. The zero-order chi connectivity index (χ0) is 9.68. The molecule has 0 radical (unpaired) electrons. The summed E-state index contributed by atoms with van der Waals surface area (Å²) in [5, 5.41) is 0. The molecule has 0 amide bonds. The summed E-state index contributed by atoms with van der Waals surface area (Å²) >= 11 is 3.70. The van der Waals surface area contributed by atoms with Crippen molar-refractivity contribution in [3.05, 3.63) is 0 Å². The van der Waals surface area contributed by atoms with Crippen molar-refractivity contribution in [1.82, 2.24) is 4.90 Å². The van der Waals surface area contributed by atoms with Gasteiger partial charge in [-0.3, -0.25) is 4.90 Å². The first-order valence-corrected chi connectivity index (χ1v) is 6.02. The van der Waals surface area contributed by atoms with E-state index in [1.807, 2.05) is 0 Å². The molecule has 0 saturated carbocycles. The molecule has 2 nitrogen and oxygen atoms in total. The summed E-state index contributed by atoms with van der Waals surface area (Å²) in [6.07, 6.45) is 3.90. The molecule has 1 fully saturated rings. The molecule has 0 N–H and O–H groups in total. The number of rotatable bonds is 3. The van der Waals surface area contributed by atoms with Crippen LogP contribution in [0.5, 0.6) is 0 Å². The number of methoxy groups -OCH3 is 1. The van der Waals surface area contributed by atoms with Crippen molar-refractivity contribution in [2.45, 2.75) is 37.1 Å². The van der Waals surface area contributed by atoms with Gasteiger partial charge in [-0.1, -0.05) is 15.9 Å². The van der Waals surface area contributed by atoms with E-state index in [9.17, 15) is 0 Å². The fraction of sp³-hybridized carbons (Fsp3) is 1.00. The minimum atomic E-state index is 0.572. The average Bonchev–Trinajstić information content (AvgIpc) is 2.30. The molecule has 0 aliphatic carbocycles. The first kappa shape index (κ1) is 11.5. The number of alkyl halides is 1. The molecule has 78 valence electrons. The molecule has 13 heavy (non-hydrogen) atoms. The SMILES string of the molecule is COCC(C)N1CCCC(Br)CC1. The lowest BCUT2D eigenvalue weighted by molar-refractivity contribution is 0.102. The van der Waals surface area contributed by atoms with Crippen molar-refractivity contribution in [3.8, 4) is 0 Å². The van der Waals surface area contributed by atoms with Gasteiger partial charge >= 0.3 is 0 Å². The van der Waals surface area contributed by atoms with E-state index in [0.717, 1.165) is 11.4 Å². The molecule has 3 heteroatoms. The summed E-state index contributed by atoms with van der Waals surface area (Å²) in [7, 11) is 1.78. The summed E-state index contributed by atoms with van der Waals surface area (Å²) in [6, 6.07) is 0.572. The Morgan fingerprint density at radius 2 is 2.23 bits per heavy atom. The van der Waals surface area contributed by atoms with Crippen LogP contribution in [0.4, 0.5) is 0 Å². The quantitative estimate of drug-likeness (QED) is 0.712. The van der Waals surface area contributed by atoms with E-state index in [1.165, 1.54) is 32.4 Å². The summed E-state index contributed by atoms with van der Waals surface area (Å²) in [5.41, 5.74) is 0. The number of hydrogen-bond acceptors (Lipinski definition) is 2. The summed E-state index contributed by atoms with van der Waals surface area (Å²) in [4.78, 5) is 3.26. The maximum Gasteiger partial charge on any atom is 0.0615 e. The molecule has 1 heterocycles. The Bertz CT molecular complexity index is 143. The summed E-state index contributed by atoms with van der Waals surface area (Å²) < 4.78 is 5.17. The second-order valence-electron chi connectivity index (χ2n) is 3.87. The van der Waals surface area contributed by atoms with Crippen LogP contribution in [-0.2, 0) is 4.74 Å². The number of hydrogen-bond donors (Lipinski definition) is 0. The smallest absolute Gasteiger partial charge is 0.0615 e. The van der Waals surface area contributed by atoms with Crippen molar-refractivity contribution in [3.63, 3.8) is 0 Å². The van der Waals surface area contributed by atoms with Gasteiger partial charge in [0.25, 0.3) is 0 Å². The van der Waals surface area contributed by atoms with Crippen molar-refractivity contribution >= 4 is 15.9 Å². The zero-order valence-electron chi connectivity index (χ0n) is 8.63. The Balaban J connectivity index is 2.32. The highest BCUT2D eigenvalue weighted by atomic mass is 79.9. The van der Waals surface area contributed by atoms with E-state index >= 15 is 0 Å². The minimum Gasteiger partial charge on any atom is -0.383 e. The predicted octanol–water partition coefficient (Wildman–Crippen LogP) is 2.27. The minimum absolute atomic E-state index is 0.572. The monoisotopic (exact) mass is 249 g/mol. The van der Waals surface area contributed by atoms with E-state index in [4.69, 9.17) is 4.74 Å². The molecule has 1 aliphatic rings. The molecule has 1 aliphatic heterocycles. The number of nitrogens with zero attached hydrogens (tertiary/aromatic N) is 1. The number of halogens is 1. The van der Waals surface area contributed by atoms with Gasteiger partial charge in [-0.15, -0.1) is 0 Å².